The average molecular weight is 332 g/mol. The van der Waals surface area contributed by atoms with Crippen LogP contribution in [0, 0.1) is 22.7 Å². The third-order valence-electron chi connectivity index (χ3n) is 7.63. The van der Waals surface area contributed by atoms with Crippen molar-refractivity contribution >= 4 is 5.97 Å². The number of hydrogen-bond donors (Lipinski definition) is 1. The first kappa shape index (κ1) is 16.2. The monoisotopic (exact) mass is 332 g/mol. The summed E-state index contributed by atoms with van der Waals surface area (Å²) in [6, 6.07) is 1.97. The van der Waals surface area contributed by atoms with E-state index in [1.54, 1.807) is 12.5 Å². The molecule has 6 atom stereocenters. The highest BCUT2D eigenvalue weighted by Gasteiger charge is 2.70. The molecule has 0 spiro atoms. The lowest BCUT2D eigenvalue weighted by Gasteiger charge is -2.61. The van der Waals surface area contributed by atoms with Gasteiger partial charge in [0.15, 0.2) is 0 Å². The van der Waals surface area contributed by atoms with Crippen molar-refractivity contribution < 1.29 is 19.1 Å². The fourth-order valence-corrected chi connectivity index (χ4v) is 6.30. The first-order valence-electron chi connectivity index (χ1n) is 9.26. The molecule has 1 saturated heterocycles. The molecule has 2 saturated carbocycles. The zero-order valence-electron chi connectivity index (χ0n) is 14.9. The van der Waals surface area contributed by atoms with Crippen LogP contribution in [0.4, 0.5) is 0 Å². The second-order valence-corrected chi connectivity index (χ2v) is 8.80. The second-order valence-electron chi connectivity index (χ2n) is 8.80. The fourth-order valence-electron chi connectivity index (χ4n) is 6.30. The quantitative estimate of drug-likeness (QED) is 0.857. The molecular formula is C20H28O4. The molecule has 4 rings (SSSR count). The Bertz CT molecular complexity index is 638. The molecule has 1 aromatic heterocycles. The number of aliphatic hydroxyl groups is 1. The molecule has 0 amide bonds. The zero-order valence-corrected chi connectivity index (χ0v) is 14.9. The van der Waals surface area contributed by atoms with Gasteiger partial charge < -0.3 is 14.3 Å². The summed E-state index contributed by atoms with van der Waals surface area (Å²) in [6.07, 6.45) is 8.51. The Hall–Kier alpha value is -1.29. The Morgan fingerprint density at radius 1 is 1.33 bits per heavy atom. The number of carbonyl (C=O) groups is 1. The molecule has 0 radical (unpaired) electrons. The van der Waals surface area contributed by atoms with Gasteiger partial charge >= 0.3 is 5.97 Å². The van der Waals surface area contributed by atoms with E-state index < -0.39 is 11.0 Å². The molecule has 0 unspecified atom stereocenters. The van der Waals surface area contributed by atoms with Crippen LogP contribution in [0.15, 0.2) is 23.0 Å². The molecule has 2 heterocycles. The van der Waals surface area contributed by atoms with Crippen molar-refractivity contribution in [3.63, 3.8) is 0 Å². The average Bonchev–Trinajstić information content (AvgIpc) is 3.12. The van der Waals surface area contributed by atoms with Gasteiger partial charge in [-0.25, -0.2) is 0 Å². The Morgan fingerprint density at radius 2 is 2.12 bits per heavy atom. The number of aryl methyl sites for hydroxylation is 1. The predicted molar refractivity (Wildman–Crippen MR) is 89.2 cm³/mol. The van der Waals surface area contributed by atoms with Crippen molar-refractivity contribution in [3.8, 4) is 0 Å². The molecule has 24 heavy (non-hydrogen) atoms. The van der Waals surface area contributed by atoms with Crippen molar-refractivity contribution in [1.82, 2.24) is 0 Å². The van der Waals surface area contributed by atoms with Crippen molar-refractivity contribution in [2.75, 3.05) is 0 Å². The van der Waals surface area contributed by atoms with Crippen molar-refractivity contribution in [3.05, 3.63) is 24.2 Å². The molecule has 4 heteroatoms. The fraction of sp³-hybridized carbons (Fsp3) is 0.750. The molecule has 2 aliphatic carbocycles. The summed E-state index contributed by atoms with van der Waals surface area (Å²) in [7, 11) is 0. The van der Waals surface area contributed by atoms with Crippen LogP contribution in [-0.4, -0.2) is 22.8 Å². The van der Waals surface area contributed by atoms with Gasteiger partial charge in [0.2, 0.25) is 0 Å². The minimum absolute atomic E-state index is 0.0306. The van der Waals surface area contributed by atoms with Crippen molar-refractivity contribution in [1.29, 1.82) is 0 Å². The third kappa shape index (κ3) is 1.92. The summed E-state index contributed by atoms with van der Waals surface area (Å²) < 4.78 is 11.0. The second kappa shape index (κ2) is 5.10. The molecule has 132 valence electrons. The van der Waals surface area contributed by atoms with E-state index in [1.165, 1.54) is 0 Å². The van der Waals surface area contributed by atoms with Crippen molar-refractivity contribution in [2.24, 2.45) is 22.7 Å². The van der Waals surface area contributed by atoms with Gasteiger partial charge in [0.05, 0.1) is 23.5 Å². The Balaban J connectivity index is 1.70. The maximum Gasteiger partial charge on any atom is 0.312 e. The Morgan fingerprint density at radius 3 is 2.83 bits per heavy atom. The van der Waals surface area contributed by atoms with Gasteiger partial charge in [-0.05, 0) is 56.6 Å². The molecular weight excluding hydrogens is 304 g/mol. The maximum absolute atomic E-state index is 12.6. The van der Waals surface area contributed by atoms with E-state index in [4.69, 9.17) is 9.15 Å². The van der Waals surface area contributed by atoms with Gasteiger partial charge in [0, 0.05) is 11.3 Å². The molecule has 0 aromatic carbocycles. The lowest BCUT2D eigenvalue weighted by Crippen LogP contribution is -2.65. The molecule has 4 nitrogen and oxygen atoms in total. The maximum atomic E-state index is 12.6. The van der Waals surface area contributed by atoms with E-state index in [-0.39, 0.29) is 29.3 Å². The summed E-state index contributed by atoms with van der Waals surface area (Å²) in [5.74, 6) is 0.190. The van der Waals surface area contributed by atoms with E-state index in [9.17, 15) is 9.90 Å². The largest absolute Gasteiger partial charge is 0.472 e. The van der Waals surface area contributed by atoms with Crippen LogP contribution >= 0.6 is 0 Å². The lowest BCUT2D eigenvalue weighted by atomic mass is 9.44. The van der Waals surface area contributed by atoms with Gasteiger partial charge in [-0.1, -0.05) is 20.3 Å². The van der Waals surface area contributed by atoms with Gasteiger partial charge in [-0.3, -0.25) is 4.79 Å². The van der Waals surface area contributed by atoms with Crippen LogP contribution in [0.2, 0.25) is 0 Å². The van der Waals surface area contributed by atoms with Crippen LogP contribution < -0.4 is 0 Å². The van der Waals surface area contributed by atoms with Gasteiger partial charge in [-0.2, -0.15) is 0 Å². The number of hydrogen-bond acceptors (Lipinski definition) is 4. The summed E-state index contributed by atoms with van der Waals surface area (Å²) in [5.41, 5.74) is -0.362. The molecule has 1 aliphatic heterocycles. The molecule has 3 fully saturated rings. The van der Waals surface area contributed by atoms with Crippen LogP contribution in [0.1, 0.15) is 58.4 Å². The Kier molecular flexibility index (Phi) is 3.44. The first-order valence-corrected chi connectivity index (χ1v) is 9.26. The summed E-state index contributed by atoms with van der Waals surface area (Å²) in [4.78, 5) is 12.6. The molecule has 1 N–H and O–H groups in total. The minimum Gasteiger partial charge on any atom is -0.472 e. The molecule has 3 aliphatic rings. The Labute approximate surface area is 143 Å². The number of furan rings is 1. The van der Waals surface area contributed by atoms with E-state index in [2.05, 4.69) is 20.8 Å². The van der Waals surface area contributed by atoms with E-state index in [0.29, 0.717) is 6.42 Å². The highest BCUT2D eigenvalue weighted by atomic mass is 16.6. The zero-order chi connectivity index (χ0) is 17.2. The van der Waals surface area contributed by atoms with Gasteiger partial charge in [-0.15, -0.1) is 0 Å². The van der Waals surface area contributed by atoms with Crippen LogP contribution in [0.3, 0.4) is 0 Å². The van der Waals surface area contributed by atoms with E-state index in [0.717, 1.165) is 37.7 Å². The number of carbonyl (C=O) groups excluding carboxylic acids is 1. The number of ether oxygens (including phenoxy) is 1. The van der Waals surface area contributed by atoms with Gasteiger partial charge in [0.1, 0.15) is 6.10 Å². The van der Waals surface area contributed by atoms with Crippen LogP contribution in [-0.2, 0) is 16.0 Å². The highest BCUT2D eigenvalue weighted by molar-refractivity contribution is 5.80. The standard InChI is InChI=1S/C20H28O4/c1-13-11-15-16-18(2,17(21)24-15)7-4-8-19(16,3)20(13,22)9-5-14-6-10-23-12-14/h6,10,12-13,15-16,22H,4-5,7-9,11H2,1-3H3/t13-,15-,16+,18-,19-,20+/m1/s1. The SMILES string of the molecule is C[C@@H]1C[C@H]2OC(=O)[C@]3(C)CCC[C@](C)([C@@H]23)[C@]1(O)CCc1ccoc1. The predicted octanol–water partition coefficient (Wildman–Crippen LogP) is 3.72. The summed E-state index contributed by atoms with van der Waals surface area (Å²) >= 11 is 0. The normalized spacial score (nSPS) is 47.3. The smallest absolute Gasteiger partial charge is 0.312 e. The lowest BCUT2D eigenvalue weighted by molar-refractivity contribution is -0.217. The van der Waals surface area contributed by atoms with E-state index in [1.807, 2.05) is 6.07 Å². The molecule has 0 bridgehead atoms. The van der Waals surface area contributed by atoms with E-state index >= 15 is 0 Å². The van der Waals surface area contributed by atoms with Crippen LogP contribution in [0.25, 0.3) is 0 Å². The van der Waals surface area contributed by atoms with Crippen molar-refractivity contribution in [2.45, 2.75) is 71.0 Å². The number of esters is 1. The van der Waals surface area contributed by atoms with Crippen LogP contribution in [0.5, 0.6) is 0 Å². The number of rotatable bonds is 3. The topological polar surface area (TPSA) is 59.7 Å². The first-order chi connectivity index (χ1) is 11.3. The van der Waals surface area contributed by atoms with Gasteiger partial charge in [0.25, 0.3) is 0 Å². The third-order valence-corrected chi connectivity index (χ3v) is 7.63. The minimum atomic E-state index is -0.777. The highest BCUT2D eigenvalue weighted by Crippen LogP contribution is 2.67. The summed E-state index contributed by atoms with van der Waals surface area (Å²) in [5, 5.41) is 11.9. The molecule has 1 aromatic rings. The summed E-state index contributed by atoms with van der Waals surface area (Å²) in [6.45, 7) is 6.38.